The summed E-state index contributed by atoms with van der Waals surface area (Å²) >= 11 is 0. The molecule has 0 fully saturated rings. The van der Waals surface area contributed by atoms with Crippen molar-refractivity contribution in [2.45, 2.75) is 24.7 Å². The maximum absolute atomic E-state index is 12.7. The number of hydrogen-bond donors (Lipinski definition) is 0. The van der Waals surface area contributed by atoms with Gasteiger partial charge in [0.05, 0.1) is 6.61 Å². The van der Waals surface area contributed by atoms with E-state index in [1.165, 1.54) is 0 Å². The molecule has 0 bridgehead atoms. The number of methoxy groups -OCH3 is 1. The monoisotopic (exact) mass is 274 g/mol. The third kappa shape index (κ3) is 5.04. The number of rotatable bonds is 8. The highest BCUT2D eigenvalue weighted by Gasteiger charge is 2.62. The first-order valence-corrected chi connectivity index (χ1v) is 4.10. The van der Waals surface area contributed by atoms with Crippen molar-refractivity contribution >= 4 is 0 Å². The highest BCUT2D eigenvalue weighted by Crippen LogP contribution is 2.41. The SMILES string of the molecule is COCCC(F)(F)C(F)(F)OC(F)(F)OCF. The number of hydrogen-bond acceptors (Lipinski definition) is 3. The van der Waals surface area contributed by atoms with Gasteiger partial charge in [0, 0.05) is 13.5 Å². The van der Waals surface area contributed by atoms with Crippen molar-refractivity contribution < 1.29 is 44.9 Å². The van der Waals surface area contributed by atoms with Crippen LogP contribution in [0, 0.1) is 0 Å². The van der Waals surface area contributed by atoms with Gasteiger partial charge in [-0.15, -0.1) is 8.78 Å². The Morgan fingerprint density at radius 2 is 1.53 bits per heavy atom. The summed E-state index contributed by atoms with van der Waals surface area (Å²) in [6, 6.07) is 0. The molecule has 10 heteroatoms. The van der Waals surface area contributed by atoms with Crippen LogP contribution in [-0.2, 0) is 14.2 Å². The quantitative estimate of drug-likeness (QED) is 0.503. The highest BCUT2D eigenvalue weighted by atomic mass is 19.3. The van der Waals surface area contributed by atoms with Gasteiger partial charge >= 0.3 is 18.3 Å². The van der Waals surface area contributed by atoms with E-state index < -0.39 is 38.2 Å². The Bertz CT molecular complexity index is 234. The van der Waals surface area contributed by atoms with Crippen LogP contribution in [0.2, 0.25) is 0 Å². The summed E-state index contributed by atoms with van der Waals surface area (Å²) in [5.41, 5.74) is 0. The standard InChI is InChI=1S/C7H9F7O3/c1-15-3-2-5(9,10)6(11,12)17-7(13,14)16-4-8/h2-4H2,1H3. The Morgan fingerprint density at radius 1 is 1.00 bits per heavy atom. The molecule has 0 saturated heterocycles. The average Bonchev–Trinajstić information content (AvgIpc) is 2.12. The molecule has 0 spiro atoms. The largest absolute Gasteiger partial charge is 0.492 e. The Kier molecular flexibility index (Phi) is 5.62. The van der Waals surface area contributed by atoms with Crippen molar-refractivity contribution in [3.8, 4) is 0 Å². The maximum atomic E-state index is 12.7. The van der Waals surface area contributed by atoms with E-state index in [1.54, 1.807) is 0 Å². The average molecular weight is 274 g/mol. The minimum absolute atomic E-state index is 0.804. The minimum atomic E-state index is -5.52. The minimum Gasteiger partial charge on any atom is -0.384 e. The molecular formula is C7H9F7O3. The van der Waals surface area contributed by atoms with Gasteiger partial charge in [0.2, 0.25) is 0 Å². The van der Waals surface area contributed by atoms with Crippen LogP contribution >= 0.6 is 0 Å². The summed E-state index contributed by atoms with van der Waals surface area (Å²) in [6.07, 6.45) is -12.2. The van der Waals surface area contributed by atoms with Crippen LogP contribution in [0.5, 0.6) is 0 Å². The van der Waals surface area contributed by atoms with Gasteiger partial charge in [-0.25, -0.2) is 9.13 Å². The van der Waals surface area contributed by atoms with E-state index in [2.05, 4.69) is 14.2 Å². The molecular weight excluding hydrogens is 265 g/mol. The van der Waals surface area contributed by atoms with Crippen molar-refractivity contribution in [2.24, 2.45) is 0 Å². The summed E-state index contributed by atoms with van der Waals surface area (Å²) in [6.45, 7) is -2.98. The van der Waals surface area contributed by atoms with E-state index in [4.69, 9.17) is 0 Å². The molecule has 17 heavy (non-hydrogen) atoms. The third-order valence-electron chi connectivity index (χ3n) is 1.52. The van der Waals surface area contributed by atoms with Crippen LogP contribution in [0.3, 0.4) is 0 Å². The molecule has 0 aromatic heterocycles. The molecule has 3 nitrogen and oxygen atoms in total. The Hall–Kier alpha value is -0.610. The molecule has 0 aliphatic carbocycles. The fraction of sp³-hybridized carbons (Fsp3) is 1.00. The van der Waals surface area contributed by atoms with Crippen LogP contribution in [0.1, 0.15) is 6.42 Å². The predicted octanol–water partition coefficient (Wildman–Crippen LogP) is 2.76. The van der Waals surface area contributed by atoms with Crippen molar-refractivity contribution in [2.75, 3.05) is 20.6 Å². The molecule has 0 heterocycles. The lowest BCUT2D eigenvalue weighted by atomic mass is 10.2. The summed E-state index contributed by atoms with van der Waals surface area (Å²) in [7, 11) is 0.954. The van der Waals surface area contributed by atoms with Crippen LogP contribution in [0.15, 0.2) is 0 Å². The number of ether oxygens (including phenoxy) is 3. The molecule has 0 unspecified atom stereocenters. The number of alkyl halides is 7. The van der Waals surface area contributed by atoms with E-state index in [-0.39, 0.29) is 0 Å². The van der Waals surface area contributed by atoms with Crippen molar-refractivity contribution in [1.82, 2.24) is 0 Å². The van der Waals surface area contributed by atoms with Crippen molar-refractivity contribution in [3.63, 3.8) is 0 Å². The van der Waals surface area contributed by atoms with Gasteiger partial charge in [-0.05, 0) is 0 Å². The zero-order valence-electron chi connectivity index (χ0n) is 8.49. The lowest BCUT2D eigenvalue weighted by molar-refractivity contribution is -0.501. The second kappa shape index (κ2) is 5.83. The third-order valence-corrected chi connectivity index (χ3v) is 1.52. The normalized spacial score (nSPS) is 14.1. The van der Waals surface area contributed by atoms with Crippen molar-refractivity contribution in [1.29, 1.82) is 0 Å². The first kappa shape index (κ1) is 16.4. The molecule has 0 aliphatic heterocycles. The topological polar surface area (TPSA) is 27.7 Å². The first-order chi connectivity index (χ1) is 7.58. The zero-order chi connectivity index (χ0) is 13.7. The Balaban J connectivity index is 4.64. The molecule has 0 rings (SSSR count). The first-order valence-electron chi connectivity index (χ1n) is 4.10. The summed E-state index contributed by atoms with van der Waals surface area (Å²) < 4.78 is 95.9. The van der Waals surface area contributed by atoms with Gasteiger partial charge in [0.1, 0.15) is 0 Å². The lowest BCUT2D eigenvalue weighted by Crippen LogP contribution is -2.48. The Labute approximate surface area is 91.4 Å². The van der Waals surface area contributed by atoms with Crippen LogP contribution in [0.4, 0.5) is 30.7 Å². The molecule has 0 aliphatic rings. The maximum Gasteiger partial charge on any atom is 0.492 e. The van der Waals surface area contributed by atoms with Gasteiger partial charge in [-0.2, -0.15) is 17.6 Å². The second-order valence-corrected chi connectivity index (χ2v) is 2.78. The molecule has 0 N–H and O–H groups in total. The van der Waals surface area contributed by atoms with Gasteiger partial charge in [-0.3, -0.25) is 4.74 Å². The highest BCUT2D eigenvalue weighted by molar-refractivity contribution is 4.77. The smallest absolute Gasteiger partial charge is 0.384 e. The number of halogens is 7. The second-order valence-electron chi connectivity index (χ2n) is 2.78. The van der Waals surface area contributed by atoms with Gasteiger partial charge < -0.3 is 4.74 Å². The van der Waals surface area contributed by atoms with Gasteiger partial charge in [0.25, 0.3) is 0 Å². The molecule has 0 radical (unpaired) electrons. The summed E-state index contributed by atoms with van der Waals surface area (Å²) in [5.74, 6) is -4.91. The van der Waals surface area contributed by atoms with Gasteiger partial charge in [0.15, 0.2) is 6.86 Å². The van der Waals surface area contributed by atoms with Crippen LogP contribution in [-0.4, -0.2) is 38.9 Å². The summed E-state index contributed by atoms with van der Waals surface area (Å²) in [5, 5.41) is 0. The van der Waals surface area contributed by atoms with E-state index >= 15 is 0 Å². The van der Waals surface area contributed by atoms with E-state index in [0.717, 1.165) is 7.11 Å². The zero-order valence-corrected chi connectivity index (χ0v) is 8.49. The molecule has 104 valence electrons. The lowest BCUT2D eigenvalue weighted by Gasteiger charge is -2.28. The fourth-order valence-electron chi connectivity index (χ4n) is 0.693. The predicted molar refractivity (Wildman–Crippen MR) is 39.5 cm³/mol. The molecule has 0 aromatic carbocycles. The van der Waals surface area contributed by atoms with E-state index in [9.17, 15) is 30.7 Å². The van der Waals surface area contributed by atoms with Gasteiger partial charge in [-0.1, -0.05) is 0 Å². The van der Waals surface area contributed by atoms with E-state index in [1.807, 2.05) is 0 Å². The summed E-state index contributed by atoms with van der Waals surface area (Å²) in [4.78, 5) is 0. The molecule has 0 aromatic rings. The molecule has 0 atom stereocenters. The van der Waals surface area contributed by atoms with E-state index in [0.29, 0.717) is 0 Å². The molecule has 0 amide bonds. The fourth-order valence-corrected chi connectivity index (χ4v) is 0.693. The Morgan fingerprint density at radius 3 is 1.94 bits per heavy atom. The molecule has 0 saturated carbocycles. The van der Waals surface area contributed by atoms with Crippen molar-refractivity contribution in [3.05, 3.63) is 0 Å². The van der Waals surface area contributed by atoms with Crippen LogP contribution < -0.4 is 0 Å². The van der Waals surface area contributed by atoms with Crippen LogP contribution in [0.25, 0.3) is 0 Å².